The lowest BCUT2D eigenvalue weighted by Gasteiger charge is -2.09. The van der Waals surface area contributed by atoms with E-state index in [1.54, 1.807) is 36.4 Å². The number of hydrogen-bond acceptors (Lipinski definition) is 3. The smallest absolute Gasteiger partial charge is 0.265 e. The normalized spacial score (nSPS) is 10.3. The van der Waals surface area contributed by atoms with Gasteiger partial charge in [0.15, 0.2) is 0 Å². The molecule has 0 aliphatic heterocycles. The predicted octanol–water partition coefficient (Wildman–Crippen LogP) is 5.15. The molecule has 0 bridgehead atoms. The van der Waals surface area contributed by atoms with Crippen LogP contribution in [-0.4, -0.2) is 11.8 Å². The molecule has 0 unspecified atom stereocenters. The molecule has 7 heteroatoms. The number of halogens is 2. The number of benzene rings is 2. The van der Waals surface area contributed by atoms with Gasteiger partial charge >= 0.3 is 0 Å². The Bertz CT molecular complexity index is 929. The van der Waals surface area contributed by atoms with Crippen LogP contribution in [0.2, 0.25) is 0 Å². The molecule has 0 aliphatic carbocycles. The molecule has 0 saturated heterocycles. The van der Waals surface area contributed by atoms with Gasteiger partial charge < -0.3 is 10.6 Å². The summed E-state index contributed by atoms with van der Waals surface area (Å²) < 4.78 is 14.4. The van der Waals surface area contributed by atoms with Crippen LogP contribution in [0.3, 0.4) is 0 Å². The fraction of sp³-hybridized carbons (Fsp3) is 0. The lowest BCUT2D eigenvalue weighted by atomic mass is 10.2. The first-order chi connectivity index (χ1) is 12.0. The van der Waals surface area contributed by atoms with Gasteiger partial charge in [-0.1, -0.05) is 28.1 Å². The predicted molar refractivity (Wildman–Crippen MR) is 101 cm³/mol. The van der Waals surface area contributed by atoms with E-state index >= 15 is 0 Å². The quantitative estimate of drug-likeness (QED) is 0.614. The monoisotopic (exact) mass is 418 g/mol. The number of thiophene rings is 1. The number of nitrogens with one attached hydrogen (secondary N) is 2. The van der Waals surface area contributed by atoms with Crippen LogP contribution in [0.5, 0.6) is 0 Å². The zero-order valence-corrected chi connectivity index (χ0v) is 15.2. The molecule has 0 radical (unpaired) electrons. The maximum atomic E-state index is 13.8. The minimum atomic E-state index is -0.608. The molecular weight excluding hydrogens is 407 g/mol. The summed E-state index contributed by atoms with van der Waals surface area (Å²) in [5.41, 5.74) is 0.918. The first kappa shape index (κ1) is 17.3. The van der Waals surface area contributed by atoms with Crippen molar-refractivity contribution in [3.05, 3.63) is 80.7 Å². The molecule has 2 aromatic carbocycles. The number of hydrogen-bond donors (Lipinski definition) is 2. The third kappa shape index (κ3) is 4.32. The second kappa shape index (κ2) is 7.58. The van der Waals surface area contributed by atoms with Crippen molar-refractivity contribution in [2.24, 2.45) is 0 Å². The van der Waals surface area contributed by atoms with Crippen LogP contribution in [0.25, 0.3) is 0 Å². The summed E-state index contributed by atoms with van der Waals surface area (Å²) in [4.78, 5) is 24.9. The molecule has 2 N–H and O–H groups in total. The van der Waals surface area contributed by atoms with Gasteiger partial charge in [-0.2, -0.15) is 0 Å². The first-order valence-corrected chi connectivity index (χ1v) is 8.91. The third-order valence-corrected chi connectivity index (χ3v) is 4.66. The van der Waals surface area contributed by atoms with E-state index in [-0.39, 0.29) is 11.5 Å². The Morgan fingerprint density at radius 3 is 2.32 bits per heavy atom. The van der Waals surface area contributed by atoms with Gasteiger partial charge in [-0.05, 0) is 47.8 Å². The van der Waals surface area contributed by atoms with Crippen molar-refractivity contribution < 1.29 is 14.0 Å². The van der Waals surface area contributed by atoms with Gasteiger partial charge in [-0.3, -0.25) is 9.59 Å². The van der Waals surface area contributed by atoms with Crippen molar-refractivity contribution in [2.45, 2.75) is 0 Å². The molecule has 0 fully saturated rings. The minimum absolute atomic E-state index is 0.0672. The molecule has 0 aliphatic rings. The molecule has 1 heterocycles. The zero-order valence-electron chi connectivity index (χ0n) is 12.8. The number of amides is 2. The second-order valence-corrected chi connectivity index (χ2v) is 6.95. The first-order valence-electron chi connectivity index (χ1n) is 7.24. The Labute approximate surface area is 155 Å². The van der Waals surface area contributed by atoms with Crippen molar-refractivity contribution in [1.29, 1.82) is 0 Å². The maximum absolute atomic E-state index is 13.8. The van der Waals surface area contributed by atoms with Crippen molar-refractivity contribution in [1.82, 2.24) is 0 Å². The SMILES string of the molecule is O=C(Nc1cccc(NC(=O)c2cc(Br)ccc2F)c1)c1cccs1. The Kier molecular flexibility index (Phi) is 5.25. The summed E-state index contributed by atoms with van der Waals surface area (Å²) in [6.45, 7) is 0. The summed E-state index contributed by atoms with van der Waals surface area (Å²) in [7, 11) is 0. The molecular formula is C18H12BrFN2O2S. The highest BCUT2D eigenvalue weighted by atomic mass is 79.9. The average molecular weight is 419 g/mol. The van der Waals surface area contributed by atoms with E-state index in [9.17, 15) is 14.0 Å². The molecule has 3 aromatic rings. The number of carbonyl (C=O) groups excluding carboxylic acids is 2. The van der Waals surface area contributed by atoms with E-state index < -0.39 is 11.7 Å². The fourth-order valence-electron chi connectivity index (χ4n) is 2.15. The van der Waals surface area contributed by atoms with Crippen LogP contribution in [0.4, 0.5) is 15.8 Å². The maximum Gasteiger partial charge on any atom is 0.265 e. The Balaban J connectivity index is 1.74. The summed E-state index contributed by atoms with van der Waals surface area (Å²) in [5.74, 6) is -1.40. The van der Waals surface area contributed by atoms with E-state index in [0.29, 0.717) is 20.7 Å². The lowest BCUT2D eigenvalue weighted by molar-refractivity contribution is 0.101. The highest BCUT2D eigenvalue weighted by molar-refractivity contribution is 9.10. The van der Waals surface area contributed by atoms with Crippen LogP contribution in [0, 0.1) is 5.82 Å². The molecule has 2 amide bonds. The van der Waals surface area contributed by atoms with Crippen LogP contribution < -0.4 is 10.6 Å². The molecule has 3 rings (SSSR count). The van der Waals surface area contributed by atoms with Crippen molar-refractivity contribution in [2.75, 3.05) is 10.6 Å². The van der Waals surface area contributed by atoms with Gasteiger partial charge in [0, 0.05) is 15.8 Å². The third-order valence-electron chi connectivity index (χ3n) is 3.30. The number of anilines is 2. The van der Waals surface area contributed by atoms with E-state index in [1.165, 1.54) is 29.5 Å². The average Bonchev–Trinajstić information content (AvgIpc) is 3.12. The Hall–Kier alpha value is -2.51. The Morgan fingerprint density at radius 2 is 1.64 bits per heavy atom. The standard InChI is InChI=1S/C18H12BrFN2O2S/c19-11-6-7-15(20)14(9-11)17(23)21-12-3-1-4-13(10-12)22-18(24)16-5-2-8-25-16/h1-10H,(H,21,23)(H,22,24). The molecule has 1 aromatic heterocycles. The van der Waals surface area contributed by atoms with E-state index in [4.69, 9.17) is 0 Å². The Morgan fingerprint density at radius 1 is 0.920 bits per heavy atom. The molecule has 126 valence electrons. The van der Waals surface area contributed by atoms with Gasteiger partial charge in [0.1, 0.15) is 5.82 Å². The molecule has 0 saturated carbocycles. The fourth-order valence-corrected chi connectivity index (χ4v) is 3.13. The van der Waals surface area contributed by atoms with Crippen molar-refractivity contribution >= 4 is 50.5 Å². The molecule has 0 spiro atoms. The van der Waals surface area contributed by atoms with Gasteiger partial charge in [-0.25, -0.2) is 4.39 Å². The van der Waals surface area contributed by atoms with Gasteiger partial charge in [0.25, 0.3) is 11.8 Å². The molecule has 25 heavy (non-hydrogen) atoms. The highest BCUT2D eigenvalue weighted by Crippen LogP contribution is 2.20. The summed E-state index contributed by atoms with van der Waals surface area (Å²) in [6, 6.07) is 14.3. The second-order valence-electron chi connectivity index (χ2n) is 5.09. The van der Waals surface area contributed by atoms with E-state index in [1.807, 2.05) is 5.38 Å². The van der Waals surface area contributed by atoms with Crippen LogP contribution in [0.15, 0.2) is 64.5 Å². The largest absolute Gasteiger partial charge is 0.322 e. The van der Waals surface area contributed by atoms with Crippen LogP contribution in [0.1, 0.15) is 20.0 Å². The van der Waals surface area contributed by atoms with Crippen LogP contribution in [-0.2, 0) is 0 Å². The van der Waals surface area contributed by atoms with Gasteiger partial charge in [-0.15, -0.1) is 11.3 Å². The van der Waals surface area contributed by atoms with Crippen molar-refractivity contribution in [3.63, 3.8) is 0 Å². The van der Waals surface area contributed by atoms with Crippen LogP contribution >= 0.6 is 27.3 Å². The summed E-state index contributed by atoms with van der Waals surface area (Å²) in [5, 5.41) is 7.20. The van der Waals surface area contributed by atoms with E-state index in [2.05, 4.69) is 26.6 Å². The zero-order chi connectivity index (χ0) is 17.8. The summed E-state index contributed by atoms with van der Waals surface area (Å²) in [6.07, 6.45) is 0. The number of rotatable bonds is 4. The number of carbonyl (C=O) groups is 2. The molecule has 0 atom stereocenters. The van der Waals surface area contributed by atoms with Gasteiger partial charge in [0.2, 0.25) is 0 Å². The highest BCUT2D eigenvalue weighted by Gasteiger charge is 2.13. The van der Waals surface area contributed by atoms with E-state index in [0.717, 1.165) is 0 Å². The van der Waals surface area contributed by atoms with Crippen molar-refractivity contribution in [3.8, 4) is 0 Å². The lowest BCUT2D eigenvalue weighted by Crippen LogP contribution is -2.14. The topological polar surface area (TPSA) is 58.2 Å². The van der Waals surface area contributed by atoms with Gasteiger partial charge in [0.05, 0.1) is 10.4 Å². The minimum Gasteiger partial charge on any atom is -0.322 e. The summed E-state index contributed by atoms with van der Waals surface area (Å²) >= 11 is 4.55. The molecule has 4 nitrogen and oxygen atoms in total.